The zero-order valence-electron chi connectivity index (χ0n) is 10.8. The number of anilines is 1. The molecule has 0 spiro atoms. The van der Waals surface area contributed by atoms with Crippen LogP contribution in [0.3, 0.4) is 0 Å². The van der Waals surface area contributed by atoms with Gasteiger partial charge in [0, 0.05) is 24.4 Å². The third-order valence-electron chi connectivity index (χ3n) is 2.91. The van der Waals surface area contributed by atoms with E-state index < -0.39 is 11.0 Å². The summed E-state index contributed by atoms with van der Waals surface area (Å²) < 4.78 is 0. The van der Waals surface area contributed by atoms with Gasteiger partial charge in [-0.05, 0) is 35.9 Å². The molecule has 0 amide bonds. The molecule has 0 aliphatic heterocycles. The molecule has 5 nitrogen and oxygen atoms in total. The smallest absolute Gasteiger partial charge is 0.269 e. The van der Waals surface area contributed by atoms with Gasteiger partial charge in [-0.1, -0.05) is 23.2 Å². The van der Waals surface area contributed by atoms with Crippen LogP contribution in [-0.4, -0.2) is 16.6 Å². The van der Waals surface area contributed by atoms with E-state index in [9.17, 15) is 15.2 Å². The molecule has 0 aliphatic carbocycles. The van der Waals surface area contributed by atoms with Crippen molar-refractivity contribution >= 4 is 34.6 Å². The summed E-state index contributed by atoms with van der Waals surface area (Å²) in [5.74, 6) is 0. The zero-order valence-corrected chi connectivity index (χ0v) is 12.3. The van der Waals surface area contributed by atoms with Crippen LogP contribution in [-0.2, 0) is 0 Å². The lowest BCUT2D eigenvalue weighted by Crippen LogP contribution is -2.12. The van der Waals surface area contributed by atoms with E-state index in [-0.39, 0.29) is 12.2 Å². The number of hydrogen-bond donors (Lipinski definition) is 2. The molecule has 0 heterocycles. The van der Waals surface area contributed by atoms with Gasteiger partial charge in [0.2, 0.25) is 0 Å². The average molecular weight is 327 g/mol. The first-order chi connectivity index (χ1) is 9.97. The molecule has 0 fully saturated rings. The number of non-ortho nitro benzene ring substituents is 1. The Morgan fingerprint density at radius 2 is 1.81 bits per heavy atom. The topological polar surface area (TPSA) is 75.4 Å². The van der Waals surface area contributed by atoms with Gasteiger partial charge in [0.05, 0.1) is 21.1 Å². The molecule has 0 unspecified atom stereocenters. The van der Waals surface area contributed by atoms with Gasteiger partial charge in [-0.2, -0.15) is 0 Å². The molecule has 0 aliphatic rings. The highest BCUT2D eigenvalue weighted by molar-refractivity contribution is 6.42. The first-order valence-corrected chi connectivity index (χ1v) is 6.84. The molecular formula is C14H12Cl2N2O3. The SMILES string of the molecule is O=[N+]([O-])c1ccc([C@H](O)CNc2ccc(Cl)c(Cl)c2)cc1. The van der Waals surface area contributed by atoms with E-state index >= 15 is 0 Å². The van der Waals surface area contributed by atoms with Crippen molar-refractivity contribution in [1.82, 2.24) is 0 Å². The first-order valence-electron chi connectivity index (χ1n) is 6.08. The number of nitrogens with one attached hydrogen (secondary N) is 1. The number of aliphatic hydroxyl groups is 1. The maximum absolute atomic E-state index is 10.6. The summed E-state index contributed by atoms with van der Waals surface area (Å²) in [5.41, 5.74) is 1.31. The number of hydrogen-bond acceptors (Lipinski definition) is 4. The van der Waals surface area contributed by atoms with Gasteiger partial charge in [-0.15, -0.1) is 0 Å². The van der Waals surface area contributed by atoms with E-state index in [0.717, 1.165) is 5.69 Å². The number of rotatable bonds is 5. The van der Waals surface area contributed by atoms with Crippen LogP contribution in [0.4, 0.5) is 11.4 Å². The zero-order chi connectivity index (χ0) is 15.4. The summed E-state index contributed by atoms with van der Waals surface area (Å²) in [6.07, 6.45) is -0.791. The second-order valence-electron chi connectivity index (χ2n) is 4.37. The van der Waals surface area contributed by atoms with Gasteiger partial charge < -0.3 is 10.4 Å². The number of nitro benzene ring substituents is 1. The lowest BCUT2D eigenvalue weighted by Gasteiger charge is -2.13. The van der Waals surface area contributed by atoms with E-state index in [1.165, 1.54) is 24.3 Å². The minimum absolute atomic E-state index is 0.0107. The largest absolute Gasteiger partial charge is 0.387 e. The quantitative estimate of drug-likeness (QED) is 0.642. The normalized spacial score (nSPS) is 12.0. The van der Waals surface area contributed by atoms with Crippen LogP contribution in [0, 0.1) is 10.1 Å². The van der Waals surface area contributed by atoms with Crippen LogP contribution >= 0.6 is 23.2 Å². The minimum Gasteiger partial charge on any atom is -0.387 e. The number of nitrogens with zero attached hydrogens (tertiary/aromatic N) is 1. The molecule has 2 aromatic carbocycles. The Balaban J connectivity index is 1.99. The van der Waals surface area contributed by atoms with Crippen LogP contribution in [0.1, 0.15) is 11.7 Å². The third kappa shape index (κ3) is 4.07. The van der Waals surface area contributed by atoms with Crippen molar-refractivity contribution in [1.29, 1.82) is 0 Å². The fraction of sp³-hybridized carbons (Fsp3) is 0.143. The molecule has 7 heteroatoms. The van der Waals surface area contributed by atoms with Gasteiger partial charge >= 0.3 is 0 Å². The maximum Gasteiger partial charge on any atom is 0.269 e. The molecular weight excluding hydrogens is 315 g/mol. The van der Waals surface area contributed by atoms with E-state index in [1.54, 1.807) is 18.2 Å². The van der Waals surface area contributed by atoms with Crippen LogP contribution in [0.2, 0.25) is 10.0 Å². The molecule has 0 bridgehead atoms. The van der Waals surface area contributed by atoms with Crippen molar-refractivity contribution in [2.24, 2.45) is 0 Å². The Morgan fingerprint density at radius 1 is 1.14 bits per heavy atom. The average Bonchev–Trinajstić information content (AvgIpc) is 2.48. The molecule has 110 valence electrons. The Labute approximate surface area is 131 Å². The number of aliphatic hydroxyl groups excluding tert-OH is 1. The molecule has 1 atom stereocenters. The third-order valence-corrected chi connectivity index (χ3v) is 3.65. The highest BCUT2D eigenvalue weighted by Crippen LogP contribution is 2.25. The fourth-order valence-corrected chi connectivity index (χ4v) is 2.05. The van der Waals surface area contributed by atoms with Crippen molar-refractivity contribution in [3.8, 4) is 0 Å². The highest BCUT2D eigenvalue weighted by Gasteiger charge is 2.10. The lowest BCUT2D eigenvalue weighted by atomic mass is 10.1. The summed E-state index contributed by atoms with van der Waals surface area (Å²) in [5, 5.41) is 24.5. The van der Waals surface area contributed by atoms with Crippen LogP contribution < -0.4 is 5.32 Å². The van der Waals surface area contributed by atoms with Gasteiger partial charge in [0.15, 0.2) is 0 Å². The van der Waals surface area contributed by atoms with E-state index in [4.69, 9.17) is 23.2 Å². The second-order valence-corrected chi connectivity index (χ2v) is 5.19. The number of benzene rings is 2. The molecule has 2 N–H and O–H groups in total. The highest BCUT2D eigenvalue weighted by atomic mass is 35.5. The summed E-state index contributed by atoms with van der Waals surface area (Å²) in [6.45, 7) is 0.246. The fourth-order valence-electron chi connectivity index (χ4n) is 1.76. The van der Waals surface area contributed by atoms with Crippen LogP contribution in [0.5, 0.6) is 0 Å². The maximum atomic E-state index is 10.6. The molecule has 0 aromatic heterocycles. The van der Waals surface area contributed by atoms with Crippen LogP contribution in [0.15, 0.2) is 42.5 Å². The summed E-state index contributed by atoms with van der Waals surface area (Å²) >= 11 is 11.7. The van der Waals surface area contributed by atoms with Crippen molar-refractivity contribution in [3.63, 3.8) is 0 Å². The molecule has 0 saturated heterocycles. The van der Waals surface area contributed by atoms with E-state index in [2.05, 4.69) is 5.32 Å². The van der Waals surface area contributed by atoms with Gasteiger partial charge in [0.1, 0.15) is 0 Å². The second kappa shape index (κ2) is 6.76. The van der Waals surface area contributed by atoms with Crippen molar-refractivity contribution in [2.45, 2.75) is 6.10 Å². The summed E-state index contributed by atoms with van der Waals surface area (Å²) in [7, 11) is 0. The Hall–Kier alpha value is -1.82. The van der Waals surface area contributed by atoms with Gasteiger partial charge in [0.25, 0.3) is 5.69 Å². The Bertz CT molecular complexity index is 647. The Morgan fingerprint density at radius 3 is 2.38 bits per heavy atom. The summed E-state index contributed by atoms with van der Waals surface area (Å²) in [6, 6.07) is 10.8. The molecule has 2 aromatic rings. The van der Waals surface area contributed by atoms with Crippen molar-refractivity contribution in [3.05, 3.63) is 68.2 Å². The Kier molecular flexibility index (Phi) is 5.01. The van der Waals surface area contributed by atoms with Crippen LogP contribution in [0.25, 0.3) is 0 Å². The molecule has 2 rings (SSSR count). The molecule has 0 saturated carbocycles. The monoisotopic (exact) mass is 326 g/mol. The van der Waals surface area contributed by atoms with Crippen molar-refractivity contribution < 1.29 is 10.0 Å². The predicted octanol–water partition coefficient (Wildman–Crippen LogP) is 4.05. The van der Waals surface area contributed by atoms with Gasteiger partial charge in [-0.25, -0.2) is 0 Å². The first kappa shape index (κ1) is 15.6. The summed E-state index contributed by atoms with van der Waals surface area (Å²) in [4.78, 5) is 10.1. The standard InChI is InChI=1S/C14H12Cl2N2O3/c15-12-6-3-10(7-13(12)16)17-8-14(19)9-1-4-11(5-2-9)18(20)21/h1-7,14,17,19H,8H2/t14-/m1/s1. The molecule has 21 heavy (non-hydrogen) atoms. The van der Waals surface area contributed by atoms with Gasteiger partial charge in [-0.3, -0.25) is 10.1 Å². The van der Waals surface area contributed by atoms with Crippen molar-refractivity contribution in [2.75, 3.05) is 11.9 Å². The lowest BCUT2D eigenvalue weighted by molar-refractivity contribution is -0.384. The van der Waals surface area contributed by atoms with E-state index in [1.807, 2.05) is 0 Å². The number of halogens is 2. The number of nitro groups is 1. The van der Waals surface area contributed by atoms with E-state index in [0.29, 0.717) is 15.6 Å². The minimum atomic E-state index is -0.791. The predicted molar refractivity (Wildman–Crippen MR) is 83.0 cm³/mol. The molecule has 0 radical (unpaired) electrons.